The van der Waals surface area contributed by atoms with E-state index in [1.807, 2.05) is 18.2 Å². The van der Waals surface area contributed by atoms with Crippen molar-refractivity contribution in [2.45, 2.75) is 115 Å². The van der Waals surface area contributed by atoms with Crippen LogP contribution in [0.5, 0.6) is 17.2 Å². The molecule has 3 atom stereocenters. The summed E-state index contributed by atoms with van der Waals surface area (Å²) in [4.78, 5) is 122. The molecule has 6 N–H and O–H groups in total. The molecule has 1 unspecified atom stereocenters. The molecule has 588 valence electrons. The first-order valence-electron chi connectivity index (χ1n) is 38.1. The fourth-order valence-electron chi connectivity index (χ4n) is 15.1. The standard InChI is InChI=1S/3C27H31FN4O5/c3*28-22-6-5-19(37-12-2-9-31-10-13-36-14-11-31)15-18(22)16-29-23-4-1-3-20-21(23)17-32(27(20)35)24-7-8-25(33)30-26(24)34/h3*1,3-6,15,24,29H,2,7-14,16-17H2,(H,30,33,34)/t2*24-;/m10./s1. The Morgan fingerprint density at radius 1 is 0.378 bits per heavy atom. The van der Waals surface area contributed by atoms with Gasteiger partial charge in [0.25, 0.3) is 17.7 Å². The summed E-state index contributed by atoms with van der Waals surface area (Å²) in [5, 5.41) is 16.7. The van der Waals surface area contributed by atoms with Gasteiger partial charge in [-0.25, -0.2) is 13.2 Å². The minimum atomic E-state index is -0.681. The number of hydrogen-bond acceptors (Lipinski definition) is 21. The monoisotopic (exact) mass is 1530 g/mol. The summed E-state index contributed by atoms with van der Waals surface area (Å²) >= 11 is 0. The number of piperidine rings is 3. The van der Waals surface area contributed by atoms with E-state index in [0.717, 1.165) is 134 Å². The molecule has 27 nitrogen and oxygen atoms in total. The van der Waals surface area contributed by atoms with E-state index < -0.39 is 35.8 Å². The van der Waals surface area contributed by atoms with Gasteiger partial charge in [-0.15, -0.1) is 0 Å². The molecule has 0 bridgehead atoms. The fraction of sp³-hybridized carbons (Fsp3) is 0.444. The summed E-state index contributed by atoms with van der Waals surface area (Å²) in [7, 11) is 0. The van der Waals surface area contributed by atoms with Gasteiger partial charge in [0.05, 0.1) is 59.5 Å². The van der Waals surface area contributed by atoms with Crippen molar-refractivity contribution in [3.63, 3.8) is 0 Å². The highest BCUT2D eigenvalue weighted by Crippen LogP contribution is 2.37. The van der Waals surface area contributed by atoms with Crippen LogP contribution < -0.4 is 46.1 Å². The summed E-state index contributed by atoms with van der Waals surface area (Å²) in [5.74, 6) is -2.25. The van der Waals surface area contributed by atoms with E-state index in [2.05, 4.69) is 46.6 Å². The highest BCUT2D eigenvalue weighted by molar-refractivity contribution is 6.08. The van der Waals surface area contributed by atoms with Crippen molar-refractivity contribution in [2.75, 3.05) is 134 Å². The Morgan fingerprint density at radius 3 is 0.928 bits per heavy atom. The van der Waals surface area contributed by atoms with Crippen LogP contribution >= 0.6 is 0 Å². The summed E-state index contributed by atoms with van der Waals surface area (Å²) in [6, 6.07) is 28.1. The Balaban J connectivity index is 0.000000146. The molecule has 0 spiro atoms. The summed E-state index contributed by atoms with van der Waals surface area (Å²) in [5.41, 5.74) is 7.27. The number of morpholine rings is 3. The van der Waals surface area contributed by atoms with Crippen molar-refractivity contribution in [3.05, 3.63) is 177 Å². The second-order valence-electron chi connectivity index (χ2n) is 28.5. The third kappa shape index (κ3) is 20.0. The van der Waals surface area contributed by atoms with Crippen LogP contribution in [0.4, 0.5) is 30.2 Å². The molecule has 0 aromatic heterocycles. The van der Waals surface area contributed by atoms with E-state index in [-0.39, 0.29) is 111 Å². The van der Waals surface area contributed by atoms with Crippen LogP contribution in [0, 0.1) is 17.5 Å². The SMILES string of the molecule is O=C1CCC(N2Cc3c(NCc4cc(OCCCN5CCOCC5)ccc4F)cccc3C2=O)C(=O)N1.O=C1CC[C@@H](N2Cc3c(NCc4cc(OCCCN5CCOCC5)ccc4F)cccc3C2=O)C(=O)N1.O=C1CC[C@H](N2Cc3c(NCc4cc(OCCCN5CCOCC5)ccc4F)cccc3C2=O)C(=O)N1. The Morgan fingerprint density at radius 2 is 0.658 bits per heavy atom. The number of carbonyl (C=O) groups excluding carboxylic acids is 9. The number of anilines is 3. The number of rotatable bonds is 27. The largest absolute Gasteiger partial charge is 0.494 e. The lowest BCUT2D eigenvalue weighted by Gasteiger charge is -2.29. The van der Waals surface area contributed by atoms with Crippen LogP contribution in [0.25, 0.3) is 0 Å². The normalized spacial score (nSPS) is 20.1. The van der Waals surface area contributed by atoms with Crippen molar-refractivity contribution >= 4 is 70.2 Å². The zero-order chi connectivity index (χ0) is 77.3. The number of benzene rings is 6. The number of ether oxygens (including phenoxy) is 6. The fourth-order valence-corrected chi connectivity index (χ4v) is 15.1. The van der Waals surface area contributed by atoms with Crippen LogP contribution in [-0.2, 0) is 82.2 Å². The van der Waals surface area contributed by atoms with Crippen molar-refractivity contribution in [2.24, 2.45) is 0 Å². The maximum Gasteiger partial charge on any atom is 0.255 e. The van der Waals surface area contributed by atoms with E-state index in [1.54, 1.807) is 72.8 Å². The number of nitrogens with zero attached hydrogens (tertiary/aromatic N) is 6. The smallest absolute Gasteiger partial charge is 0.255 e. The van der Waals surface area contributed by atoms with Gasteiger partial charge >= 0.3 is 0 Å². The number of hydrogen-bond donors (Lipinski definition) is 6. The molecule has 6 aromatic carbocycles. The molecule has 0 aliphatic carbocycles. The molecule has 9 amide bonds. The van der Waals surface area contributed by atoms with Crippen LogP contribution in [0.2, 0.25) is 0 Å². The quantitative estimate of drug-likeness (QED) is 0.0226. The van der Waals surface area contributed by atoms with Crippen LogP contribution in [0.15, 0.2) is 109 Å². The van der Waals surface area contributed by atoms with Gasteiger partial charge in [-0.05, 0) is 130 Å². The van der Waals surface area contributed by atoms with Gasteiger partial charge in [-0.2, -0.15) is 0 Å². The first kappa shape index (κ1) is 78.6. The maximum absolute atomic E-state index is 14.6. The highest BCUT2D eigenvalue weighted by Gasteiger charge is 2.43. The predicted molar refractivity (Wildman–Crippen MR) is 401 cm³/mol. The van der Waals surface area contributed by atoms with E-state index in [1.165, 1.54) is 32.9 Å². The second-order valence-corrected chi connectivity index (χ2v) is 28.5. The zero-order valence-electron chi connectivity index (χ0n) is 61.9. The van der Waals surface area contributed by atoms with Gasteiger partial charge in [0, 0.05) is 185 Å². The molecule has 15 rings (SSSR count). The van der Waals surface area contributed by atoms with Gasteiger partial charge in [0.1, 0.15) is 52.8 Å². The van der Waals surface area contributed by atoms with Crippen molar-refractivity contribution in [1.29, 1.82) is 0 Å². The van der Waals surface area contributed by atoms with E-state index >= 15 is 0 Å². The molecule has 9 heterocycles. The van der Waals surface area contributed by atoms with Crippen LogP contribution in [0.1, 0.15) is 122 Å². The summed E-state index contributed by atoms with van der Waals surface area (Å²) < 4.78 is 77.4. The van der Waals surface area contributed by atoms with Gasteiger partial charge in [-0.3, -0.25) is 73.8 Å². The lowest BCUT2D eigenvalue weighted by molar-refractivity contribution is -0.138. The second kappa shape index (κ2) is 37.5. The lowest BCUT2D eigenvalue weighted by Crippen LogP contribution is -2.52. The van der Waals surface area contributed by atoms with Crippen LogP contribution in [-0.4, -0.2) is 219 Å². The van der Waals surface area contributed by atoms with Gasteiger partial charge < -0.3 is 59.1 Å². The molecule has 30 heteroatoms. The van der Waals surface area contributed by atoms with Gasteiger partial charge in [0.2, 0.25) is 35.4 Å². The number of carbonyl (C=O) groups is 9. The minimum Gasteiger partial charge on any atom is -0.494 e. The van der Waals surface area contributed by atoms with Gasteiger partial charge in [-0.1, -0.05) is 18.2 Å². The van der Waals surface area contributed by atoms with E-state index in [4.69, 9.17) is 28.4 Å². The third-order valence-electron chi connectivity index (χ3n) is 21.2. The zero-order valence-corrected chi connectivity index (χ0v) is 61.9. The topological polar surface area (TPSA) is 301 Å². The number of fused-ring (bicyclic) bond motifs is 3. The predicted octanol–water partition coefficient (Wildman–Crippen LogP) is 6.90. The van der Waals surface area contributed by atoms with Crippen molar-refractivity contribution < 1.29 is 84.7 Å². The van der Waals surface area contributed by atoms with Gasteiger partial charge in [0.15, 0.2) is 0 Å². The first-order chi connectivity index (χ1) is 54.0. The number of amides is 9. The van der Waals surface area contributed by atoms with Crippen LogP contribution in [0.3, 0.4) is 0 Å². The Labute approximate surface area is 641 Å². The average molecular weight is 1530 g/mol. The average Bonchev–Trinajstić information content (AvgIpc) is 1.64. The lowest BCUT2D eigenvalue weighted by atomic mass is 10.0. The van der Waals surface area contributed by atoms with Crippen molar-refractivity contribution in [1.82, 2.24) is 45.3 Å². The summed E-state index contributed by atoms with van der Waals surface area (Å²) in [6.07, 6.45) is 4.13. The molecule has 6 saturated heterocycles. The van der Waals surface area contributed by atoms with E-state index in [0.29, 0.717) is 107 Å². The van der Waals surface area contributed by atoms with Crippen molar-refractivity contribution in [3.8, 4) is 17.2 Å². The molecular formula is C81H93F3N12O15. The molecule has 9 aliphatic heterocycles. The molecule has 6 fully saturated rings. The Kier molecular flexibility index (Phi) is 26.5. The Hall–Kier alpha value is -10.5. The number of halogens is 3. The maximum atomic E-state index is 14.6. The summed E-state index contributed by atoms with van der Waals surface area (Å²) in [6.45, 7) is 16.0. The molecule has 6 aromatic rings. The molecule has 0 radical (unpaired) electrons. The molecule has 111 heavy (non-hydrogen) atoms. The third-order valence-corrected chi connectivity index (χ3v) is 21.2. The first-order valence-corrected chi connectivity index (χ1v) is 38.1. The Bertz CT molecular complexity index is 3990. The van der Waals surface area contributed by atoms with E-state index in [9.17, 15) is 56.3 Å². The molecular weight excluding hydrogens is 1440 g/mol. The highest BCUT2D eigenvalue weighted by atomic mass is 19.1. The molecule has 9 aliphatic rings. The number of imide groups is 3. The molecule has 0 saturated carbocycles. The minimum absolute atomic E-state index is 0.201. The number of nitrogens with one attached hydrogen (secondary N) is 6.